The topological polar surface area (TPSA) is 54.3 Å². The molecule has 5 heteroatoms. The molecule has 3 rings (SSSR count). The van der Waals surface area contributed by atoms with Gasteiger partial charge in [0.05, 0.1) is 5.92 Å². The fourth-order valence-electron chi connectivity index (χ4n) is 2.24. The number of carbonyl (C=O) groups is 1. The van der Waals surface area contributed by atoms with Crippen LogP contribution in [0.15, 0.2) is 34.7 Å². The van der Waals surface area contributed by atoms with Crippen molar-refractivity contribution in [3.63, 3.8) is 0 Å². The maximum atomic E-state index is 12.1. The summed E-state index contributed by atoms with van der Waals surface area (Å²) in [4.78, 5) is 12.1. The van der Waals surface area contributed by atoms with Gasteiger partial charge in [0, 0.05) is 30.9 Å². The van der Waals surface area contributed by atoms with Crippen LogP contribution in [0.5, 0.6) is 0 Å². The molecule has 2 aromatic rings. The Morgan fingerprint density at radius 3 is 2.85 bits per heavy atom. The summed E-state index contributed by atoms with van der Waals surface area (Å²) in [6.45, 7) is 4.63. The molecule has 0 bridgehead atoms. The molecular formula is C15H19ClN2O2. The van der Waals surface area contributed by atoms with Gasteiger partial charge in [-0.15, -0.1) is 12.4 Å². The van der Waals surface area contributed by atoms with Gasteiger partial charge in [0.15, 0.2) is 0 Å². The zero-order valence-corrected chi connectivity index (χ0v) is 12.2. The number of para-hydroxylation sites is 1. The van der Waals surface area contributed by atoms with Crippen LogP contribution in [0.25, 0.3) is 11.0 Å². The van der Waals surface area contributed by atoms with E-state index in [0.29, 0.717) is 5.92 Å². The first kappa shape index (κ1) is 14.9. The van der Waals surface area contributed by atoms with Crippen molar-refractivity contribution in [3.8, 4) is 0 Å². The minimum absolute atomic E-state index is 0. The van der Waals surface area contributed by atoms with Crippen molar-refractivity contribution >= 4 is 29.3 Å². The molecule has 0 aliphatic carbocycles. The minimum atomic E-state index is -0.250. The molecule has 108 valence electrons. The second kappa shape index (κ2) is 6.29. The van der Waals surface area contributed by atoms with Crippen molar-refractivity contribution in [1.29, 1.82) is 0 Å². The molecule has 1 fully saturated rings. The standard InChI is InChI=1S/C15H18N2O2.ClH/c1-10(15(18)17-9-11-7-16-8-11)14-6-12-4-2-3-5-13(12)19-14;/h2-6,10-11,16H,7-9H2,1H3,(H,17,18);1H. The third kappa shape index (κ3) is 2.97. The highest BCUT2D eigenvalue weighted by molar-refractivity contribution is 5.85. The van der Waals surface area contributed by atoms with Crippen molar-refractivity contribution in [2.75, 3.05) is 19.6 Å². The Labute approximate surface area is 124 Å². The van der Waals surface area contributed by atoms with Crippen LogP contribution >= 0.6 is 12.4 Å². The zero-order valence-electron chi connectivity index (χ0n) is 11.4. The number of amides is 1. The van der Waals surface area contributed by atoms with Crippen molar-refractivity contribution in [1.82, 2.24) is 10.6 Å². The zero-order chi connectivity index (χ0) is 13.2. The number of furan rings is 1. The second-order valence-corrected chi connectivity index (χ2v) is 5.18. The average Bonchev–Trinajstić information content (AvgIpc) is 2.79. The van der Waals surface area contributed by atoms with Crippen LogP contribution in [0.3, 0.4) is 0 Å². The van der Waals surface area contributed by atoms with E-state index in [0.717, 1.165) is 36.4 Å². The van der Waals surface area contributed by atoms with Crippen LogP contribution in [0.2, 0.25) is 0 Å². The van der Waals surface area contributed by atoms with E-state index in [1.54, 1.807) is 0 Å². The summed E-state index contributed by atoms with van der Waals surface area (Å²) in [6.07, 6.45) is 0. The largest absolute Gasteiger partial charge is 0.460 e. The molecule has 2 N–H and O–H groups in total. The number of fused-ring (bicyclic) bond motifs is 1. The van der Waals surface area contributed by atoms with E-state index >= 15 is 0 Å². The van der Waals surface area contributed by atoms with E-state index in [-0.39, 0.29) is 24.2 Å². The predicted octanol–water partition coefficient (Wildman–Crippen LogP) is 2.29. The first-order valence-electron chi connectivity index (χ1n) is 6.71. The highest BCUT2D eigenvalue weighted by Crippen LogP contribution is 2.25. The summed E-state index contributed by atoms with van der Waals surface area (Å²) in [5.41, 5.74) is 0.834. The quantitative estimate of drug-likeness (QED) is 0.910. The van der Waals surface area contributed by atoms with Gasteiger partial charge in [0.25, 0.3) is 0 Å². The highest BCUT2D eigenvalue weighted by atomic mass is 35.5. The van der Waals surface area contributed by atoms with Gasteiger partial charge in [0.1, 0.15) is 11.3 Å². The number of carbonyl (C=O) groups excluding carboxylic acids is 1. The number of rotatable bonds is 4. The Hall–Kier alpha value is -1.52. The Morgan fingerprint density at radius 2 is 2.20 bits per heavy atom. The van der Waals surface area contributed by atoms with Crippen molar-refractivity contribution in [3.05, 3.63) is 36.1 Å². The lowest BCUT2D eigenvalue weighted by Gasteiger charge is -2.27. The van der Waals surface area contributed by atoms with E-state index in [2.05, 4.69) is 10.6 Å². The average molecular weight is 295 g/mol. The molecule has 4 nitrogen and oxygen atoms in total. The van der Waals surface area contributed by atoms with E-state index in [1.165, 1.54) is 0 Å². The number of nitrogens with one attached hydrogen (secondary N) is 2. The van der Waals surface area contributed by atoms with Crippen LogP contribution in [-0.2, 0) is 4.79 Å². The second-order valence-electron chi connectivity index (χ2n) is 5.18. The van der Waals surface area contributed by atoms with Crippen molar-refractivity contribution in [2.45, 2.75) is 12.8 Å². The first-order valence-corrected chi connectivity index (χ1v) is 6.71. The first-order chi connectivity index (χ1) is 9.24. The molecule has 20 heavy (non-hydrogen) atoms. The Kier molecular flexibility index (Phi) is 4.68. The van der Waals surface area contributed by atoms with Crippen molar-refractivity contribution < 1.29 is 9.21 Å². The predicted molar refractivity (Wildman–Crippen MR) is 81.2 cm³/mol. The number of hydrogen-bond acceptors (Lipinski definition) is 3. The van der Waals surface area contributed by atoms with Gasteiger partial charge < -0.3 is 15.1 Å². The molecule has 2 heterocycles. The third-order valence-electron chi connectivity index (χ3n) is 3.70. The summed E-state index contributed by atoms with van der Waals surface area (Å²) in [5, 5.41) is 7.22. The fourth-order valence-corrected chi connectivity index (χ4v) is 2.24. The highest BCUT2D eigenvalue weighted by Gasteiger charge is 2.22. The SMILES string of the molecule is CC(C(=O)NCC1CNC1)c1cc2ccccc2o1.Cl. The Bertz CT molecular complexity index is 559. The minimum Gasteiger partial charge on any atom is -0.460 e. The Morgan fingerprint density at radius 1 is 1.45 bits per heavy atom. The summed E-state index contributed by atoms with van der Waals surface area (Å²) in [7, 11) is 0. The van der Waals surface area contributed by atoms with Crippen LogP contribution in [0.1, 0.15) is 18.6 Å². The Balaban J connectivity index is 0.00000147. The lowest BCUT2D eigenvalue weighted by atomic mass is 10.0. The molecule has 1 aliphatic heterocycles. The normalized spacial score (nSPS) is 16.2. The van der Waals surface area contributed by atoms with Gasteiger partial charge in [-0.05, 0) is 19.1 Å². The molecule has 1 aromatic carbocycles. The van der Waals surface area contributed by atoms with Gasteiger partial charge in [0.2, 0.25) is 5.91 Å². The molecule has 0 spiro atoms. The molecular weight excluding hydrogens is 276 g/mol. The van der Waals surface area contributed by atoms with E-state index < -0.39 is 0 Å². The molecule has 0 radical (unpaired) electrons. The number of hydrogen-bond donors (Lipinski definition) is 2. The van der Waals surface area contributed by atoms with Gasteiger partial charge in [-0.3, -0.25) is 4.79 Å². The molecule has 1 amide bonds. The maximum Gasteiger partial charge on any atom is 0.230 e. The molecule has 1 aliphatic rings. The number of halogens is 1. The molecule has 1 aromatic heterocycles. The molecule has 1 saturated heterocycles. The van der Waals surface area contributed by atoms with Gasteiger partial charge >= 0.3 is 0 Å². The molecule has 1 unspecified atom stereocenters. The van der Waals surface area contributed by atoms with Gasteiger partial charge in [-0.1, -0.05) is 18.2 Å². The summed E-state index contributed by atoms with van der Waals surface area (Å²) in [5.74, 6) is 1.09. The molecule has 1 atom stereocenters. The fraction of sp³-hybridized carbons (Fsp3) is 0.400. The smallest absolute Gasteiger partial charge is 0.230 e. The van der Waals surface area contributed by atoms with Crippen LogP contribution in [0.4, 0.5) is 0 Å². The van der Waals surface area contributed by atoms with E-state index in [4.69, 9.17) is 4.42 Å². The lowest BCUT2D eigenvalue weighted by molar-refractivity contribution is -0.122. The van der Waals surface area contributed by atoms with Gasteiger partial charge in [-0.2, -0.15) is 0 Å². The van der Waals surface area contributed by atoms with Crippen molar-refractivity contribution in [2.24, 2.45) is 5.92 Å². The van der Waals surface area contributed by atoms with E-state index in [9.17, 15) is 4.79 Å². The monoisotopic (exact) mass is 294 g/mol. The summed E-state index contributed by atoms with van der Waals surface area (Å²) >= 11 is 0. The third-order valence-corrected chi connectivity index (χ3v) is 3.70. The van der Waals surface area contributed by atoms with E-state index in [1.807, 2.05) is 37.3 Å². The van der Waals surface area contributed by atoms with Crippen LogP contribution < -0.4 is 10.6 Å². The molecule has 0 saturated carbocycles. The lowest BCUT2D eigenvalue weighted by Crippen LogP contribution is -2.48. The summed E-state index contributed by atoms with van der Waals surface area (Å²) in [6, 6.07) is 9.76. The van der Waals surface area contributed by atoms with Gasteiger partial charge in [-0.25, -0.2) is 0 Å². The van der Waals surface area contributed by atoms with Crippen LogP contribution in [-0.4, -0.2) is 25.5 Å². The maximum absolute atomic E-state index is 12.1. The summed E-state index contributed by atoms with van der Waals surface area (Å²) < 4.78 is 5.72. The van der Waals surface area contributed by atoms with Crippen LogP contribution in [0, 0.1) is 5.92 Å². The number of benzene rings is 1.